The molecule has 2 atom stereocenters. The Morgan fingerprint density at radius 2 is 2.30 bits per heavy atom. The van der Waals surface area contributed by atoms with Gasteiger partial charge in [0, 0.05) is 19.2 Å². The van der Waals surface area contributed by atoms with Crippen molar-refractivity contribution in [2.24, 2.45) is 5.92 Å². The summed E-state index contributed by atoms with van der Waals surface area (Å²) in [4.78, 5) is 12.7. The summed E-state index contributed by atoms with van der Waals surface area (Å²) in [5.41, 5.74) is 0.843. The van der Waals surface area contributed by atoms with Crippen molar-refractivity contribution in [1.82, 2.24) is 4.90 Å². The fraction of sp³-hybridized carbons (Fsp3) is 0.571. The van der Waals surface area contributed by atoms with Gasteiger partial charge in [0.2, 0.25) is 0 Å². The molecule has 1 heterocycles. The van der Waals surface area contributed by atoms with Gasteiger partial charge in [-0.1, -0.05) is 13.0 Å². The number of rotatable bonds is 4. The van der Waals surface area contributed by atoms with Crippen LogP contribution in [0.15, 0.2) is 18.2 Å². The highest BCUT2D eigenvalue weighted by Crippen LogP contribution is 2.28. The molecule has 2 rings (SSSR count). The zero-order chi connectivity index (χ0) is 14.7. The molecule has 20 heavy (non-hydrogen) atoms. The van der Waals surface area contributed by atoms with E-state index in [1.807, 2.05) is 13.0 Å². The lowest BCUT2D eigenvalue weighted by Gasteiger charge is -2.34. The molecule has 1 aromatic rings. The summed E-state index contributed by atoms with van der Waals surface area (Å²) < 4.78 is 4.99. The fourth-order valence-corrected chi connectivity index (χ4v) is 2.49. The van der Waals surface area contributed by atoms with Crippen molar-refractivity contribution in [2.45, 2.75) is 26.0 Å². The lowest BCUT2D eigenvalue weighted by molar-refractivity contribution is -0.385. The number of hydrogen-bond donors (Lipinski definition) is 1. The first kappa shape index (κ1) is 14.7. The van der Waals surface area contributed by atoms with Crippen LogP contribution in [0.25, 0.3) is 0 Å². The Morgan fingerprint density at radius 1 is 1.55 bits per heavy atom. The molecule has 6 nitrogen and oxygen atoms in total. The van der Waals surface area contributed by atoms with Crippen molar-refractivity contribution in [3.8, 4) is 5.75 Å². The Hall–Kier alpha value is -1.66. The number of likely N-dealkylation sites (tertiary alicyclic amines) is 1. The maximum atomic E-state index is 11.0. The van der Waals surface area contributed by atoms with E-state index >= 15 is 0 Å². The summed E-state index contributed by atoms with van der Waals surface area (Å²) >= 11 is 0. The van der Waals surface area contributed by atoms with E-state index in [9.17, 15) is 15.2 Å². The van der Waals surface area contributed by atoms with Crippen molar-refractivity contribution in [3.63, 3.8) is 0 Å². The second-order valence-corrected chi connectivity index (χ2v) is 5.33. The van der Waals surface area contributed by atoms with Crippen LogP contribution in [0, 0.1) is 16.0 Å². The minimum Gasteiger partial charge on any atom is -0.490 e. The van der Waals surface area contributed by atoms with Gasteiger partial charge in [-0.2, -0.15) is 0 Å². The van der Waals surface area contributed by atoms with E-state index in [0.29, 0.717) is 19.0 Å². The molecule has 0 spiro atoms. The van der Waals surface area contributed by atoms with Crippen molar-refractivity contribution < 1.29 is 14.8 Å². The maximum absolute atomic E-state index is 11.0. The number of ether oxygens (including phenoxy) is 1. The molecule has 1 saturated heterocycles. The molecule has 0 aliphatic carbocycles. The van der Waals surface area contributed by atoms with Crippen LogP contribution in [0.1, 0.15) is 18.9 Å². The average Bonchev–Trinajstić information content (AvgIpc) is 2.43. The van der Waals surface area contributed by atoms with Gasteiger partial charge in [0.1, 0.15) is 0 Å². The molecule has 0 amide bonds. The SMILES string of the molecule is COc1ccc(CN2CCC(C)C(O)C2)cc1[N+](=O)[O-]. The van der Waals surface area contributed by atoms with Crippen LogP contribution in [0.4, 0.5) is 5.69 Å². The van der Waals surface area contributed by atoms with E-state index in [1.54, 1.807) is 12.1 Å². The quantitative estimate of drug-likeness (QED) is 0.672. The first-order valence-corrected chi connectivity index (χ1v) is 6.73. The lowest BCUT2D eigenvalue weighted by Crippen LogP contribution is -2.42. The van der Waals surface area contributed by atoms with Crippen LogP contribution in [-0.4, -0.2) is 41.2 Å². The predicted molar refractivity (Wildman–Crippen MR) is 74.7 cm³/mol. The molecular weight excluding hydrogens is 260 g/mol. The van der Waals surface area contributed by atoms with Crippen LogP contribution in [0.3, 0.4) is 0 Å². The minimum absolute atomic E-state index is 0.0177. The van der Waals surface area contributed by atoms with E-state index in [2.05, 4.69) is 4.90 Å². The Kier molecular flexibility index (Phi) is 4.57. The zero-order valence-electron chi connectivity index (χ0n) is 11.8. The number of hydrogen-bond acceptors (Lipinski definition) is 5. The van der Waals surface area contributed by atoms with Gasteiger partial charge in [-0.05, 0) is 30.5 Å². The molecule has 1 aliphatic rings. The molecule has 0 radical (unpaired) electrons. The summed E-state index contributed by atoms with van der Waals surface area (Å²) in [6.07, 6.45) is 0.622. The van der Waals surface area contributed by atoms with Gasteiger partial charge >= 0.3 is 5.69 Å². The normalized spacial score (nSPS) is 23.6. The monoisotopic (exact) mass is 280 g/mol. The molecule has 1 aliphatic heterocycles. The number of aliphatic hydroxyl groups excluding tert-OH is 1. The topological polar surface area (TPSA) is 75.8 Å². The number of piperidine rings is 1. The molecule has 1 aromatic carbocycles. The first-order valence-electron chi connectivity index (χ1n) is 6.73. The van der Waals surface area contributed by atoms with Crippen molar-refractivity contribution in [3.05, 3.63) is 33.9 Å². The summed E-state index contributed by atoms with van der Waals surface area (Å²) in [5, 5.41) is 20.9. The Balaban J connectivity index is 2.10. The van der Waals surface area contributed by atoms with Gasteiger partial charge in [-0.25, -0.2) is 0 Å². The lowest BCUT2D eigenvalue weighted by atomic mass is 9.96. The molecule has 1 N–H and O–H groups in total. The third kappa shape index (κ3) is 3.26. The fourth-order valence-electron chi connectivity index (χ4n) is 2.49. The van der Waals surface area contributed by atoms with Crippen LogP contribution >= 0.6 is 0 Å². The minimum atomic E-state index is -0.435. The van der Waals surface area contributed by atoms with Crippen molar-refractivity contribution in [2.75, 3.05) is 20.2 Å². The maximum Gasteiger partial charge on any atom is 0.311 e. The number of aliphatic hydroxyl groups is 1. The van der Waals surface area contributed by atoms with Crippen LogP contribution in [0.2, 0.25) is 0 Å². The molecule has 0 saturated carbocycles. The zero-order valence-corrected chi connectivity index (χ0v) is 11.8. The molecule has 1 fully saturated rings. The molecule has 2 unspecified atom stereocenters. The van der Waals surface area contributed by atoms with Gasteiger partial charge in [0.15, 0.2) is 5.75 Å². The van der Waals surface area contributed by atoms with Gasteiger partial charge in [-0.15, -0.1) is 0 Å². The highest BCUT2D eigenvalue weighted by atomic mass is 16.6. The van der Waals surface area contributed by atoms with E-state index < -0.39 is 4.92 Å². The Bertz CT molecular complexity index is 492. The van der Waals surface area contributed by atoms with E-state index in [0.717, 1.165) is 18.5 Å². The third-order valence-electron chi connectivity index (χ3n) is 3.85. The number of nitro benzene ring substituents is 1. The smallest absolute Gasteiger partial charge is 0.311 e. The highest BCUT2D eigenvalue weighted by molar-refractivity contribution is 5.48. The molecule has 6 heteroatoms. The molecule has 110 valence electrons. The largest absolute Gasteiger partial charge is 0.490 e. The number of methoxy groups -OCH3 is 1. The van der Waals surface area contributed by atoms with Gasteiger partial charge < -0.3 is 9.84 Å². The van der Waals surface area contributed by atoms with Crippen molar-refractivity contribution in [1.29, 1.82) is 0 Å². The number of nitrogens with zero attached hydrogens (tertiary/aromatic N) is 2. The van der Waals surface area contributed by atoms with Gasteiger partial charge in [0.05, 0.1) is 18.1 Å². The van der Waals surface area contributed by atoms with Crippen molar-refractivity contribution >= 4 is 5.69 Å². The van der Waals surface area contributed by atoms with E-state index in [4.69, 9.17) is 4.74 Å². The number of benzene rings is 1. The average molecular weight is 280 g/mol. The van der Waals surface area contributed by atoms with E-state index in [1.165, 1.54) is 7.11 Å². The summed E-state index contributed by atoms with van der Waals surface area (Å²) in [7, 11) is 1.42. The second-order valence-electron chi connectivity index (χ2n) is 5.33. The summed E-state index contributed by atoms with van der Waals surface area (Å²) in [6.45, 7) is 4.16. The molecule has 0 aromatic heterocycles. The molecular formula is C14H20N2O4. The first-order chi connectivity index (χ1) is 9.51. The highest BCUT2D eigenvalue weighted by Gasteiger charge is 2.24. The van der Waals surface area contributed by atoms with E-state index in [-0.39, 0.29) is 17.5 Å². The van der Waals surface area contributed by atoms with Gasteiger partial charge in [0.25, 0.3) is 0 Å². The van der Waals surface area contributed by atoms with Crippen LogP contribution in [-0.2, 0) is 6.54 Å². The standard InChI is InChI=1S/C14H20N2O4/c1-10-5-6-15(9-13(10)17)8-11-3-4-14(20-2)12(7-11)16(18)19/h3-4,7,10,13,17H,5-6,8-9H2,1-2H3. The Morgan fingerprint density at radius 3 is 2.90 bits per heavy atom. The third-order valence-corrected chi connectivity index (χ3v) is 3.85. The van der Waals surface area contributed by atoms with Gasteiger partial charge in [-0.3, -0.25) is 15.0 Å². The second kappa shape index (κ2) is 6.19. The summed E-state index contributed by atoms with van der Waals surface area (Å²) in [6, 6.07) is 5.00. The molecule has 0 bridgehead atoms. The Labute approximate surface area is 118 Å². The predicted octanol–water partition coefficient (Wildman–Crippen LogP) is 1.81. The van der Waals surface area contributed by atoms with Crippen LogP contribution in [0.5, 0.6) is 5.75 Å². The number of nitro groups is 1. The summed E-state index contributed by atoms with van der Waals surface area (Å²) in [5.74, 6) is 0.586. The number of β-amino-alcohol motifs (C(OH)–C–C–N with tert-alkyl or cyclic N) is 1. The van der Waals surface area contributed by atoms with Crippen LogP contribution < -0.4 is 4.74 Å².